The van der Waals surface area contributed by atoms with Gasteiger partial charge in [0.2, 0.25) is 0 Å². The fraction of sp³-hybridized carbons (Fsp3) is 1.00. The first kappa shape index (κ1) is 12.2. The Labute approximate surface area is 89.5 Å². The number of hydrogen-bond acceptors (Lipinski definition) is 3. The van der Waals surface area contributed by atoms with E-state index >= 15 is 0 Å². The van der Waals surface area contributed by atoms with Gasteiger partial charge in [-0.05, 0) is 33.1 Å². The Morgan fingerprint density at radius 3 is 2.36 bits per heavy atom. The van der Waals surface area contributed by atoms with E-state index in [1.165, 1.54) is 12.8 Å². The Kier molecular flexibility index (Phi) is 5.09. The van der Waals surface area contributed by atoms with Crippen molar-refractivity contribution in [2.75, 3.05) is 19.8 Å². The average Bonchev–Trinajstić information content (AvgIpc) is 2.19. The van der Waals surface area contributed by atoms with Crippen molar-refractivity contribution in [1.82, 2.24) is 0 Å². The number of hydrogen-bond donors (Lipinski definition) is 0. The van der Waals surface area contributed by atoms with Crippen LogP contribution in [0.15, 0.2) is 0 Å². The van der Waals surface area contributed by atoms with Gasteiger partial charge < -0.3 is 14.2 Å². The van der Waals surface area contributed by atoms with Crippen LogP contribution in [0.3, 0.4) is 0 Å². The lowest BCUT2D eigenvalue weighted by atomic mass is 10.1. The molecule has 1 aliphatic rings. The second-order valence-electron chi connectivity index (χ2n) is 3.86. The molecule has 3 nitrogen and oxygen atoms in total. The van der Waals surface area contributed by atoms with Crippen LogP contribution < -0.4 is 0 Å². The van der Waals surface area contributed by atoms with Crippen molar-refractivity contribution in [2.45, 2.75) is 44.6 Å². The summed E-state index contributed by atoms with van der Waals surface area (Å²) >= 11 is 0. The Bertz CT molecular complexity index is 151. The summed E-state index contributed by atoms with van der Waals surface area (Å²) in [5.41, 5.74) is 0. The molecule has 1 unspecified atom stereocenters. The Morgan fingerprint density at radius 2 is 1.93 bits per heavy atom. The van der Waals surface area contributed by atoms with E-state index in [2.05, 4.69) is 0 Å². The van der Waals surface area contributed by atoms with E-state index in [1.54, 1.807) is 0 Å². The van der Waals surface area contributed by atoms with Crippen molar-refractivity contribution < 1.29 is 14.2 Å². The molecule has 0 aliphatic carbocycles. The van der Waals surface area contributed by atoms with E-state index in [4.69, 9.17) is 14.2 Å². The lowest BCUT2D eigenvalue weighted by molar-refractivity contribution is -0.230. The summed E-state index contributed by atoms with van der Waals surface area (Å²) in [5.74, 6) is 0. The molecule has 14 heavy (non-hydrogen) atoms. The van der Waals surface area contributed by atoms with Gasteiger partial charge in [0.15, 0.2) is 6.29 Å². The van der Waals surface area contributed by atoms with Gasteiger partial charge in [0.1, 0.15) is 0 Å². The molecule has 0 aromatic rings. The fourth-order valence-electron chi connectivity index (χ4n) is 1.84. The first-order valence-corrected chi connectivity index (χ1v) is 6.60. The van der Waals surface area contributed by atoms with Crippen LogP contribution in [0, 0.1) is 0 Å². The third kappa shape index (κ3) is 3.05. The van der Waals surface area contributed by atoms with Crippen LogP contribution in [0.2, 0.25) is 0 Å². The summed E-state index contributed by atoms with van der Waals surface area (Å²) in [4.78, 5) is 0. The molecule has 0 bridgehead atoms. The molecule has 0 aromatic heterocycles. The van der Waals surface area contributed by atoms with Gasteiger partial charge in [-0.2, -0.15) is 0 Å². The lowest BCUT2D eigenvalue weighted by Gasteiger charge is -2.39. The highest BCUT2D eigenvalue weighted by molar-refractivity contribution is 6.14. The quantitative estimate of drug-likeness (QED) is 0.501. The molecular formula is C10H22O3Si. The van der Waals surface area contributed by atoms with Crippen LogP contribution in [-0.2, 0) is 14.2 Å². The van der Waals surface area contributed by atoms with Gasteiger partial charge >= 0.3 is 0 Å². The minimum atomic E-state index is -0.149. The molecule has 4 heteroatoms. The highest BCUT2D eigenvalue weighted by Gasteiger charge is 2.37. The van der Waals surface area contributed by atoms with Crippen LogP contribution in [-0.4, -0.2) is 41.6 Å². The second-order valence-corrected chi connectivity index (χ2v) is 5.55. The smallest absolute Gasteiger partial charge is 0.182 e. The SMILES string of the molecule is CCOC(OCC)C1([SiH3])CCCCO1. The van der Waals surface area contributed by atoms with Gasteiger partial charge in [0, 0.05) is 30.1 Å². The first-order valence-electron chi connectivity index (χ1n) is 5.60. The monoisotopic (exact) mass is 218 g/mol. The van der Waals surface area contributed by atoms with E-state index in [9.17, 15) is 0 Å². The molecule has 1 fully saturated rings. The fourth-order valence-corrected chi connectivity index (χ4v) is 2.74. The van der Waals surface area contributed by atoms with Crippen molar-refractivity contribution in [1.29, 1.82) is 0 Å². The van der Waals surface area contributed by atoms with Crippen molar-refractivity contribution in [2.24, 2.45) is 0 Å². The van der Waals surface area contributed by atoms with Crippen LogP contribution >= 0.6 is 0 Å². The van der Waals surface area contributed by atoms with Crippen molar-refractivity contribution in [3.8, 4) is 0 Å². The number of ether oxygens (including phenoxy) is 3. The first-order chi connectivity index (χ1) is 6.73. The van der Waals surface area contributed by atoms with E-state index in [0.717, 1.165) is 23.3 Å². The molecule has 1 heterocycles. The molecule has 0 spiro atoms. The summed E-state index contributed by atoms with van der Waals surface area (Å²) in [7, 11) is 0.969. The number of rotatable bonds is 5. The summed E-state index contributed by atoms with van der Waals surface area (Å²) < 4.78 is 17.1. The van der Waals surface area contributed by atoms with Crippen LogP contribution in [0.5, 0.6) is 0 Å². The summed E-state index contributed by atoms with van der Waals surface area (Å²) in [5, 5.41) is -0.107. The molecule has 1 atom stereocenters. The molecular weight excluding hydrogens is 196 g/mol. The molecule has 1 rings (SSSR count). The third-order valence-corrected chi connectivity index (χ3v) is 3.89. The molecule has 0 saturated carbocycles. The van der Waals surface area contributed by atoms with Crippen LogP contribution in [0.1, 0.15) is 33.1 Å². The van der Waals surface area contributed by atoms with Gasteiger partial charge in [-0.25, -0.2) is 0 Å². The predicted octanol–water partition coefficient (Wildman–Crippen LogP) is 0.648. The van der Waals surface area contributed by atoms with E-state index in [1.807, 2.05) is 13.8 Å². The molecule has 0 aromatic carbocycles. The van der Waals surface area contributed by atoms with Gasteiger partial charge in [-0.15, -0.1) is 0 Å². The largest absolute Gasteiger partial charge is 0.374 e. The minimum absolute atomic E-state index is 0.107. The normalized spacial score (nSPS) is 28.5. The van der Waals surface area contributed by atoms with Crippen molar-refractivity contribution >= 4 is 10.2 Å². The molecule has 0 amide bonds. The highest BCUT2D eigenvalue weighted by atomic mass is 28.1. The van der Waals surface area contributed by atoms with E-state index in [-0.39, 0.29) is 11.5 Å². The van der Waals surface area contributed by atoms with E-state index in [0.29, 0.717) is 13.2 Å². The maximum Gasteiger partial charge on any atom is 0.182 e. The zero-order valence-corrected chi connectivity index (χ0v) is 11.5. The molecule has 0 radical (unpaired) electrons. The maximum absolute atomic E-state index is 5.84. The summed E-state index contributed by atoms with van der Waals surface area (Å²) in [6.07, 6.45) is 3.35. The van der Waals surface area contributed by atoms with Gasteiger partial charge in [-0.1, -0.05) is 0 Å². The van der Waals surface area contributed by atoms with Crippen molar-refractivity contribution in [3.63, 3.8) is 0 Å². The lowest BCUT2D eigenvalue weighted by Crippen LogP contribution is -2.50. The molecule has 1 saturated heterocycles. The predicted molar refractivity (Wildman–Crippen MR) is 59.5 cm³/mol. The summed E-state index contributed by atoms with van der Waals surface area (Å²) in [6.45, 7) is 6.25. The highest BCUT2D eigenvalue weighted by Crippen LogP contribution is 2.27. The zero-order chi connectivity index (χ0) is 10.4. The zero-order valence-electron chi connectivity index (χ0n) is 9.54. The molecule has 0 N–H and O–H groups in total. The van der Waals surface area contributed by atoms with Gasteiger partial charge in [-0.3, -0.25) is 0 Å². The maximum atomic E-state index is 5.84. The Balaban J connectivity index is 2.53. The summed E-state index contributed by atoms with van der Waals surface area (Å²) in [6, 6.07) is 0. The van der Waals surface area contributed by atoms with Crippen LogP contribution in [0.25, 0.3) is 0 Å². The Hall–Kier alpha value is 0.0969. The standard InChI is InChI=1S/C10H22O3Si/c1-3-11-9(12-4-2)10(14)7-5-6-8-13-10/h9H,3-8H2,1-2,14H3. The topological polar surface area (TPSA) is 27.7 Å². The van der Waals surface area contributed by atoms with E-state index < -0.39 is 0 Å². The average molecular weight is 218 g/mol. The Morgan fingerprint density at radius 1 is 1.29 bits per heavy atom. The minimum Gasteiger partial charge on any atom is -0.374 e. The van der Waals surface area contributed by atoms with Crippen LogP contribution in [0.4, 0.5) is 0 Å². The van der Waals surface area contributed by atoms with Gasteiger partial charge in [0.25, 0.3) is 0 Å². The van der Waals surface area contributed by atoms with Crippen molar-refractivity contribution in [3.05, 3.63) is 0 Å². The molecule has 84 valence electrons. The second kappa shape index (κ2) is 5.85. The van der Waals surface area contributed by atoms with Gasteiger partial charge in [0.05, 0.1) is 5.22 Å². The molecule has 1 aliphatic heterocycles. The third-order valence-electron chi connectivity index (χ3n) is 2.63.